The van der Waals surface area contributed by atoms with Crippen molar-refractivity contribution >= 4 is 26.0 Å². The van der Waals surface area contributed by atoms with Crippen LogP contribution in [0.15, 0.2) is 29.5 Å². The van der Waals surface area contributed by atoms with E-state index in [4.69, 9.17) is 0 Å². The topological polar surface area (TPSA) is 40.5 Å². The fourth-order valence-corrected chi connectivity index (χ4v) is 0.961. The van der Waals surface area contributed by atoms with Gasteiger partial charge in [-0.3, -0.25) is 0 Å². The Kier molecular flexibility index (Phi) is 4.46. The standard InChI is InChI=1S/C10H14N4Se/c1-8(9-6-4-5-7-11-9)12-13-10(15)14(2)3/h4-7H,1-3H3,(H,13,15). The molecule has 0 aromatic carbocycles. The van der Waals surface area contributed by atoms with Gasteiger partial charge in [0, 0.05) is 0 Å². The van der Waals surface area contributed by atoms with E-state index in [-0.39, 0.29) is 0 Å². The quantitative estimate of drug-likeness (QED) is 0.483. The summed E-state index contributed by atoms with van der Waals surface area (Å²) in [4.78, 5) is 6.11. The van der Waals surface area contributed by atoms with Gasteiger partial charge in [0.25, 0.3) is 0 Å². The first kappa shape index (κ1) is 11.9. The Morgan fingerprint density at radius 2 is 2.20 bits per heavy atom. The summed E-state index contributed by atoms with van der Waals surface area (Å²) >= 11 is 2.89. The van der Waals surface area contributed by atoms with Gasteiger partial charge in [-0.05, 0) is 0 Å². The molecule has 0 aliphatic rings. The van der Waals surface area contributed by atoms with E-state index in [9.17, 15) is 0 Å². The van der Waals surface area contributed by atoms with Crippen molar-refractivity contribution in [3.63, 3.8) is 0 Å². The molecule has 0 bridgehead atoms. The van der Waals surface area contributed by atoms with Crippen molar-refractivity contribution in [2.24, 2.45) is 5.10 Å². The first-order valence-corrected chi connectivity index (χ1v) is 5.40. The van der Waals surface area contributed by atoms with Crippen molar-refractivity contribution in [1.29, 1.82) is 0 Å². The van der Waals surface area contributed by atoms with Gasteiger partial charge >= 0.3 is 97.5 Å². The van der Waals surface area contributed by atoms with E-state index >= 15 is 0 Å². The zero-order chi connectivity index (χ0) is 11.3. The molecule has 1 heterocycles. The van der Waals surface area contributed by atoms with Crippen molar-refractivity contribution in [3.8, 4) is 0 Å². The average Bonchev–Trinajstić information content (AvgIpc) is 2.26. The monoisotopic (exact) mass is 270 g/mol. The molecular weight excluding hydrogens is 255 g/mol. The van der Waals surface area contributed by atoms with Gasteiger partial charge in [0.15, 0.2) is 0 Å². The predicted octanol–water partition coefficient (Wildman–Crippen LogP) is 0.213. The van der Waals surface area contributed by atoms with Gasteiger partial charge in [-0.15, -0.1) is 0 Å². The molecule has 1 rings (SSSR count). The Labute approximate surface area is 97.8 Å². The van der Waals surface area contributed by atoms with Crippen molar-refractivity contribution in [2.75, 3.05) is 14.1 Å². The van der Waals surface area contributed by atoms with Crippen molar-refractivity contribution in [2.45, 2.75) is 6.92 Å². The molecule has 4 nitrogen and oxygen atoms in total. The van der Waals surface area contributed by atoms with Crippen molar-refractivity contribution < 1.29 is 0 Å². The van der Waals surface area contributed by atoms with Gasteiger partial charge in [0.05, 0.1) is 0 Å². The predicted molar refractivity (Wildman–Crippen MR) is 64.0 cm³/mol. The first-order chi connectivity index (χ1) is 7.11. The molecular formula is C10H14N4Se. The number of aromatic nitrogens is 1. The number of nitrogens with one attached hydrogen (secondary N) is 1. The molecule has 0 atom stereocenters. The zero-order valence-corrected chi connectivity index (χ0v) is 10.8. The van der Waals surface area contributed by atoms with Gasteiger partial charge in [-0.2, -0.15) is 0 Å². The van der Waals surface area contributed by atoms with Gasteiger partial charge < -0.3 is 0 Å². The number of hydrogen-bond acceptors (Lipinski definition) is 4. The summed E-state index contributed by atoms with van der Waals surface area (Å²) in [6.45, 7) is 1.91. The van der Waals surface area contributed by atoms with Crippen LogP contribution < -0.4 is 5.43 Å². The Bertz CT molecular complexity index is 359. The third-order valence-electron chi connectivity index (χ3n) is 1.76. The molecule has 0 aliphatic carbocycles. The molecule has 0 unspecified atom stereocenters. The zero-order valence-electron chi connectivity index (χ0n) is 9.06. The van der Waals surface area contributed by atoms with E-state index < -0.39 is 0 Å². The molecule has 0 radical (unpaired) electrons. The van der Waals surface area contributed by atoms with E-state index in [2.05, 4.69) is 31.1 Å². The molecule has 0 fully saturated rings. The molecule has 1 aromatic heterocycles. The van der Waals surface area contributed by atoms with E-state index in [1.807, 2.05) is 44.1 Å². The first-order valence-electron chi connectivity index (χ1n) is 4.54. The maximum atomic E-state index is 4.21. The van der Waals surface area contributed by atoms with E-state index in [1.165, 1.54) is 0 Å². The fourth-order valence-electron chi connectivity index (χ4n) is 0.866. The Hall–Kier alpha value is -1.19. The van der Waals surface area contributed by atoms with Crippen LogP contribution in [0.3, 0.4) is 0 Å². The van der Waals surface area contributed by atoms with Crippen LogP contribution in [0.2, 0.25) is 0 Å². The second-order valence-electron chi connectivity index (χ2n) is 3.22. The summed E-state index contributed by atoms with van der Waals surface area (Å²) in [6.07, 6.45) is 1.75. The molecule has 0 saturated heterocycles. The number of pyridine rings is 1. The van der Waals surface area contributed by atoms with Crippen LogP contribution in [-0.2, 0) is 0 Å². The summed E-state index contributed by atoms with van der Waals surface area (Å²) in [5.41, 5.74) is 4.64. The normalized spacial score (nSPS) is 11.0. The summed E-state index contributed by atoms with van der Waals surface area (Å²) in [5, 5.41) is 4.21. The number of nitrogens with zero attached hydrogens (tertiary/aromatic N) is 3. The van der Waals surface area contributed by atoms with E-state index in [0.717, 1.165) is 16.1 Å². The number of rotatable bonds is 4. The van der Waals surface area contributed by atoms with Crippen LogP contribution in [0.1, 0.15) is 12.6 Å². The Morgan fingerprint density at radius 1 is 1.47 bits per heavy atom. The van der Waals surface area contributed by atoms with E-state index in [1.54, 1.807) is 6.20 Å². The van der Waals surface area contributed by atoms with Gasteiger partial charge in [-0.1, -0.05) is 0 Å². The van der Waals surface area contributed by atoms with Gasteiger partial charge in [0.1, 0.15) is 0 Å². The molecule has 15 heavy (non-hydrogen) atoms. The van der Waals surface area contributed by atoms with Crippen LogP contribution in [0.25, 0.3) is 0 Å². The fraction of sp³-hybridized carbons (Fsp3) is 0.300. The summed E-state index contributed by atoms with van der Waals surface area (Å²) in [5.74, 6) is 0. The minimum absolute atomic E-state index is 0.852. The van der Waals surface area contributed by atoms with Gasteiger partial charge in [-0.25, -0.2) is 0 Å². The maximum absolute atomic E-state index is 4.21. The molecule has 1 N–H and O–H groups in total. The SMILES string of the molecule is CC(=NNC(=[Se])N(C)C)c1ccccn1. The number of hydrogen-bond donors (Lipinski definition) is 1. The van der Waals surface area contributed by atoms with Crippen LogP contribution in [0, 0.1) is 0 Å². The third-order valence-corrected chi connectivity index (χ3v) is 2.72. The van der Waals surface area contributed by atoms with Crippen LogP contribution in [0.4, 0.5) is 0 Å². The summed E-state index contributed by atoms with van der Waals surface area (Å²) in [6, 6.07) is 5.75. The van der Waals surface area contributed by atoms with E-state index in [0.29, 0.717) is 0 Å². The molecule has 0 spiro atoms. The summed E-state index contributed by atoms with van der Waals surface area (Å²) in [7, 11) is 3.87. The van der Waals surface area contributed by atoms with Crippen LogP contribution >= 0.6 is 0 Å². The minimum atomic E-state index is 0.852. The molecule has 1 aromatic rings. The van der Waals surface area contributed by atoms with Crippen LogP contribution in [0.5, 0.6) is 0 Å². The molecule has 0 saturated carbocycles. The van der Waals surface area contributed by atoms with Gasteiger partial charge in [0.2, 0.25) is 0 Å². The molecule has 0 amide bonds. The third kappa shape index (κ3) is 3.81. The molecule has 5 heteroatoms. The second-order valence-corrected chi connectivity index (χ2v) is 4.03. The van der Waals surface area contributed by atoms with Crippen molar-refractivity contribution in [3.05, 3.63) is 30.1 Å². The Morgan fingerprint density at radius 3 is 2.73 bits per heavy atom. The Balaban J connectivity index is 2.65. The average molecular weight is 269 g/mol. The van der Waals surface area contributed by atoms with Crippen molar-refractivity contribution in [1.82, 2.24) is 15.3 Å². The summed E-state index contributed by atoms with van der Waals surface area (Å²) < 4.78 is 0.866. The van der Waals surface area contributed by atoms with Crippen LogP contribution in [-0.4, -0.2) is 49.9 Å². The number of hydrazone groups is 1. The molecule has 0 aliphatic heterocycles. The second kappa shape index (κ2) is 5.63. The molecule has 80 valence electrons.